The zero-order chi connectivity index (χ0) is 12.3. The molecule has 17 heavy (non-hydrogen) atoms. The van der Waals surface area contributed by atoms with Crippen LogP contribution in [0.25, 0.3) is 0 Å². The van der Waals surface area contributed by atoms with Gasteiger partial charge in [-0.05, 0) is 41.1 Å². The summed E-state index contributed by atoms with van der Waals surface area (Å²) in [6, 6.07) is 11.6. The van der Waals surface area contributed by atoms with Crippen LogP contribution in [0.3, 0.4) is 0 Å². The summed E-state index contributed by atoms with van der Waals surface area (Å²) in [4.78, 5) is 14.1. The average molecular weight is 310 g/mol. The molecule has 2 rings (SSSR count). The van der Waals surface area contributed by atoms with Gasteiger partial charge in [0.05, 0.1) is 9.35 Å². The molecular formula is C13H12BrNOS. The third-order valence-corrected chi connectivity index (χ3v) is 3.95. The molecule has 0 unspecified atom stereocenters. The standard InChI is InChI=1S/C13H12BrNOS/c1-2-15(11-6-4-3-5-7-11)13(16)10-8-12(14)17-9-10/h3-9H,2H2,1H3. The number of nitrogens with zero attached hydrogens (tertiary/aromatic N) is 1. The lowest BCUT2D eigenvalue weighted by Crippen LogP contribution is -2.30. The van der Waals surface area contributed by atoms with Crippen molar-refractivity contribution in [1.29, 1.82) is 0 Å². The minimum Gasteiger partial charge on any atom is -0.309 e. The highest BCUT2D eigenvalue weighted by atomic mass is 79.9. The summed E-state index contributed by atoms with van der Waals surface area (Å²) < 4.78 is 0.977. The Balaban J connectivity index is 2.28. The largest absolute Gasteiger partial charge is 0.309 e. The number of thiophene rings is 1. The van der Waals surface area contributed by atoms with Gasteiger partial charge < -0.3 is 4.90 Å². The van der Waals surface area contributed by atoms with Crippen molar-refractivity contribution in [2.45, 2.75) is 6.92 Å². The summed E-state index contributed by atoms with van der Waals surface area (Å²) in [5.74, 6) is 0.0423. The number of halogens is 1. The Hall–Kier alpha value is -1.13. The van der Waals surface area contributed by atoms with Gasteiger partial charge in [0, 0.05) is 17.6 Å². The van der Waals surface area contributed by atoms with Gasteiger partial charge >= 0.3 is 0 Å². The predicted molar refractivity (Wildman–Crippen MR) is 75.8 cm³/mol. The van der Waals surface area contributed by atoms with Crippen LogP contribution in [0.15, 0.2) is 45.6 Å². The molecule has 1 aromatic heterocycles. The molecule has 0 saturated carbocycles. The SMILES string of the molecule is CCN(C(=O)c1csc(Br)c1)c1ccccc1. The molecule has 1 amide bonds. The van der Waals surface area contributed by atoms with Gasteiger partial charge in [-0.15, -0.1) is 11.3 Å². The second-order valence-corrected chi connectivity index (χ2v) is 5.81. The number of hydrogen-bond acceptors (Lipinski definition) is 2. The van der Waals surface area contributed by atoms with Crippen LogP contribution in [0.4, 0.5) is 5.69 Å². The van der Waals surface area contributed by atoms with E-state index in [0.717, 1.165) is 15.0 Å². The maximum atomic E-state index is 12.3. The molecule has 2 nitrogen and oxygen atoms in total. The summed E-state index contributed by atoms with van der Waals surface area (Å²) >= 11 is 4.90. The van der Waals surface area contributed by atoms with Crippen molar-refractivity contribution in [1.82, 2.24) is 0 Å². The first-order valence-corrected chi connectivity index (χ1v) is 7.00. The second-order valence-electron chi connectivity index (χ2n) is 3.52. The number of hydrogen-bond donors (Lipinski definition) is 0. The topological polar surface area (TPSA) is 20.3 Å². The fourth-order valence-electron chi connectivity index (χ4n) is 1.63. The Labute approximate surface area is 113 Å². The van der Waals surface area contributed by atoms with Crippen LogP contribution in [-0.4, -0.2) is 12.5 Å². The highest BCUT2D eigenvalue weighted by Gasteiger charge is 2.16. The van der Waals surface area contributed by atoms with Crippen LogP contribution in [-0.2, 0) is 0 Å². The van der Waals surface area contributed by atoms with Crippen molar-refractivity contribution >= 4 is 38.9 Å². The Bertz CT molecular complexity index is 509. The smallest absolute Gasteiger partial charge is 0.259 e. The quantitative estimate of drug-likeness (QED) is 0.833. The molecule has 0 aliphatic rings. The lowest BCUT2D eigenvalue weighted by atomic mass is 10.2. The molecule has 0 aliphatic heterocycles. The molecule has 4 heteroatoms. The van der Waals surface area contributed by atoms with Gasteiger partial charge in [-0.1, -0.05) is 18.2 Å². The van der Waals surface area contributed by atoms with Crippen LogP contribution in [0.1, 0.15) is 17.3 Å². The number of carbonyl (C=O) groups excluding carboxylic acids is 1. The molecule has 0 radical (unpaired) electrons. The molecule has 0 saturated heterocycles. The number of para-hydroxylation sites is 1. The molecule has 1 heterocycles. The summed E-state index contributed by atoms with van der Waals surface area (Å²) in [7, 11) is 0. The zero-order valence-electron chi connectivity index (χ0n) is 9.39. The van der Waals surface area contributed by atoms with E-state index in [-0.39, 0.29) is 5.91 Å². The van der Waals surface area contributed by atoms with E-state index in [1.54, 1.807) is 4.90 Å². The zero-order valence-corrected chi connectivity index (χ0v) is 11.8. The third-order valence-electron chi connectivity index (χ3n) is 2.44. The Morgan fingerprint density at radius 2 is 2.06 bits per heavy atom. The van der Waals surface area contributed by atoms with Gasteiger partial charge in [0.2, 0.25) is 0 Å². The van der Waals surface area contributed by atoms with Gasteiger partial charge in [-0.2, -0.15) is 0 Å². The van der Waals surface area contributed by atoms with Crippen LogP contribution in [0.5, 0.6) is 0 Å². The van der Waals surface area contributed by atoms with E-state index >= 15 is 0 Å². The van der Waals surface area contributed by atoms with Crippen molar-refractivity contribution < 1.29 is 4.79 Å². The monoisotopic (exact) mass is 309 g/mol. The summed E-state index contributed by atoms with van der Waals surface area (Å²) in [6.07, 6.45) is 0. The Morgan fingerprint density at radius 1 is 1.35 bits per heavy atom. The van der Waals surface area contributed by atoms with E-state index in [1.807, 2.05) is 48.7 Å². The molecule has 88 valence electrons. The van der Waals surface area contributed by atoms with Crippen molar-refractivity contribution in [3.63, 3.8) is 0 Å². The first-order valence-electron chi connectivity index (χ1n) is 5.33. The molecule has 0 N–H and O–H groups in total. The van der Waals surface area contributed by atoms with Gasteiger partial charge in [0.25, 0.3) is 5.91 Å². The van der Waals surface area contributed by atoms with Crippen molar-refractivity contribution in [2.75, 3.05) is 11.4 Å². The molecular weight excluding hydrogens is 298 g/mol. The van der Waals surface area contributed by atoms with Crippen LogP contribution < -0.4 is 4.90 Å². The molecule has 1 aromatic carbocycles. The number of carbonyl (C=O) groups is 1. The van der Waals surface area contributed by atoms with E-state index < -0.39 is 0 Å². The lowest BCUT2D eigenvalue weighted by molar-refractivity contribution is 0.0988. The van der Waals surface area contributed by atoms with E-state index in [2.05, 4.69) is 15.9 Å². The third kappa shape index (κ3) is 2.76. The second kappa shape index (κ2) is 5.47. The molecule has 0 atom stereocenters. The van der Waals surface area contributed by atoms with Crippen molar-refractivity contribution in [3.05, 3.63) is 51.1 Å². The van der Waals surface area contributed by atoms with E-state index in [9.17, 15) is 4.79 Å². The molecule has 0 bridgehead atoms. The molecule has 0 aliphatic carbocycles. The average Bonchev–Trinajstić information content (AvgIpc) is 2.78. The first kappa shape index (κ1) is 12.3. The van der Waals surface area contributed by atoms with Crippen LogP contribution >= 0.6 is 27.3 Å². The van der Waals surface area contributed by atoms with E-state index in [1.165, 1.54) is 11.3 Å². The van der Waals surface area contributed by atoms with E-state index in [0.29, 0.717) is 6.54 Å². The Morgan fingerprint density at radius 3 is 2.59 bits per heavy atom. The van der Waals surface area contributed by atoms with Gasteiger partial charge in [0.15, 0.2) is 0 Å². The lowest BCUT2D eigenvalue weighted by Gasteiger charge is -2.20. The van der Waals surface area contributed by atoms with Gasteiger partial charge in [0.1, 0.15) is 0 Å². The minimum atomic E-state index is 0.0423. The normalized spacial score (nSPS) is 10.2. The van der Waals surface area contributed by atoms with Gasteiger partial charge in [-0.3, -0.25) is 4.79 Å². The summed E-state index contributed by atoms with van der Waals surface area (Å²) in [5.41, 5.74) is 1.66. The van der Waals surface area contributed by atoms with Gasteiger partial charge in [-0.25, -0.2) is 0 Å². The van der Waals surface area contributed by atoms with Crippen LogP contribution in [0, 0.1) is 0 Å². The molecule has 0 spiro atoms. The maximum absolute atomic E-state index is 12.3. The number of amides is 1. The number of anilines is 1. The highest BCUT2D eigenvalue weighted by Crippen LogP contribution is 2.23. The number of benzene rings is 1. The van der Waals surface area contributed by atoms with Crippen molar-refractivity contribution in [2.24, 2.45) is 0 Å². The fourth-order valence-corrected chi connectivity index (χ4v) is 2.76. The first-order chi connectivity index (χ1) is 8.22. The molecule has 0 fully saturated rings. The van der Waals surface area contributed by atoms with Crippen LogP contribution in [0.2, 0.25) is 0 Å². The fraction of sp³-hybridized carbons (Fsp3) is 0.154. The minimum absolute atomic E-state index is 0.0423. The maximum Gasteiger partial charge on any atom is 0.259 e. The van der Waals surface area contributed by atoms with E-state index in [4.69, 9.17) is 0 Å². The molecule has 2 aromatic rings. The Kier molecular flexibility index (Phi) is 3.97. The number of rotatable bonds is 3. The van der Waals surface area contributed by atoms with Crippen molar-refractivity contribution in [3.8, 4) is 0 Å². The summed E-state index contributed by atoms with van der Waals surface area (Å²) in [6.45, 7) is 2.64. The predicted octanol–water partition coefficient (Wildman–Crippen LogP) is 4.18. The highest BCUT2D eigenvalue weighted by molar-refractivity contribution is 9.11. The summed E-state index contributed by atoms with van der Waals surface area (Å²) in [5, 5.41) is 1.87.